The second kappa shape index (κ2) is 7.11. The molecule has 2 aliphatic rings. The van der Waals surface area contributed by atoms with Crippen LogP contribution in [0.15, 0.2) is 36.7 Å². The molecule has 1 saturated heterocycles. The van der Waals surface area contributed by atoms with Crippen molar-refractivity contribution in [1.29, 1.82) is 0 Å². The number of carbonyl (C=O) groups is 1. The van der Waals surface area contributed by atoms with Crippen LogP contribution in [-0.2, 0) is 4.74 Å². The number of amides is 2. The minimum absolute atomic E-state index is 0.113. The van der Waals surface area contributed by atoms with E-state index in [9.17, 15) is 4.79 Å². The number of benzene rings is 1. The molecule has 2 heterocycles. The van der Waals surface area contributed by atoms with Gasteiger partial charge in [0.15, 0.2) is 0 Å². The maximum Gasteiger partial charge on any atom is 0.319 e. The first-order valence-electron chi connectivity index (χ1n) is 9.42. The highest BCUT2D eigenvalue weighted by Gasteiger charge is 2.44. The Morgan fingerprint density at radius 3 is 2.88 bits per heavy atom. The predicted octanol–water partition coefficient (Wildman–Crippen LogP) is 3.65. The number of nitrogens with zero attached hydrogens (tertiary/aromatic N) is 2. The van der Waals surface area contributed by atoms with Crippen LogP contribution < -0.4 is 10.6 Å². The highest BCUT2D eigenvalue weighted by Crippen LogP contribution is 2.45. The summed E-state index contributed by atoms with van der Waals surface area (Å²) >= 11 is 0. The number of nitrogens with one attached hydrogen (secondary N) is 2. The van der Waals surface area contributed by atoms with E-state index in [1.165, 1.54) is 12.8 Å². The molecule has 138 valence electrons. The van der Waals surface area contributed by atoms with Crippen molar-refractivity contribution in [3.63, 3.8) is 0 Å². The number of rotatable bonds is 3. The van der Waals surface area contributed by atoms with Crippen molar-refractivity contribution < 1.29 is 9.53 Å². The van der Waals surface area contributed by atoms with E-state index >= 15 is 0 Å². The molecule has 2 fully saturated rings. The highest BCUT2D eigenvalue weighted by atomic mass is 16.5. The normalized spacial score (nSPS) is 21.7. The number of hydrogen-bond donors (Lipinski definition) is 2. The van der Waals surface area contributed by atoms with Crippen molar-refractivity contribution in [1.82, 2.24) is 15.1 Å². The fraction of sp³-hybridized carbons (Fsp3) is 0.500. The molecule has 1 aromatic heterocycles. The second-order valence-corrected chi connectivity index (χ2v) is 7.47. The van der Waals surface area contributed by atoms with E-state index in [0.717, 1.165) is 49.4 Å². The molecule has 6 nitrogen and oxygen atoms in total. The van der Waals surface area contributed by atoms with Crippen molar-refractivity contribution >= 4 is 11.7 Å². The van der Waals surface area contributed by atoms with Crippen molar-refractivity contribution in [2.24, 2.45) is 5.41 Å². The number of hydrogen-bond acceptors (Lipinski definition) is 3. The molecule has 1 atom stereocenters. The number of ether oxygens (including phenoxy) is 1. The zero-order valence-electron chi connectivity index (χ0n) is 15.2. The minimum Gasteiger partial charge on any atom is -0.381 e. The molecule has 1 aliphatic carbocycles. The first-order chi connectivity index (χ1) is 12.7. The van der Waals surface area contributed by atoms with Crippen molar-refractivity contribution in [2.75, 3.05) is 18.5 Å². The Kier molecular flexibility index (Phi) is 4.68. The average molecular weight is 354 g/mol. The summed E-state index contributed by atoms with van der Waals surface area (Å²) in [7, 11) is 0. The van der Waals surface area contributed by atoms with Gasteiger partial charge in [0.1, 0.15) is 0 Å². The fourth-order valence-corrected chi connectivity index (χ4v) is 4.41. The lowest BCUT2D eigenvalue weighted by molar-refractivity contribution is 0.00652. The molecule has 26 heavy (non-hydrogen) atoms. The van der Waals surface area contributed by atoms with E-state index in [0.29, 0.717) is 0 Å². The van der Waals surface area contributed by atoms with Crippen molar-refractivity contribution in [2.45, 2.75) is 45.1 Å². The van der Waals surface area contributed by atoms with Crippen LogP contribution in [0.4, 0.5) is 10.5 Å². The Balaban J connectivity index is 1.42. The molecular formula is C20H26N4O2. The molecule has 2 aromatic rings. The number of aromatic nitrogens is 2. The summed E-state index contributed by atoms with van der Waals surface area (Å²) in [5.41, 5.74) is 3.06. The summed E-state index contributed by atoms with van der Waals surface area (Å²) < 4.78 is 7.34. The third-order valence-electron chi connectivity index (χ3n) is 5.93. The molecule has 6 heteroatoms. The van der Waals surface area contributed by atoms with Crippen molar-refractivity contribution in [3.05, 3.63) is 42.2 Å². The number of carbonyl (C=O) groups excluding carboxylic acids is 1. The van der Waals surface area contributed by atoms with Crippen LogP contribution in [0.25, 0.3) is 5.69 Å². The minimum atomic E-state index is -0.113. The highest BCUT2D eigenvalue weighted by molar-refractivity contribution is 5.90. The van der Waals surface area contributed by atoms with E-state index in [4.69, 9.17) is 4.74 Å². The van der Waals surface area contributed by atoms with Gasteiger partial charge in [0, 0.05) is 37.3 Å². The summed E-state index contributed by atoms with van der Waals surface area (Å²) in [6.07, 6.45) is 9.20. The van der Waals surface area contributed by atoms with Crippen LogP contribution in [0.1, 0.15) is 37.7 Å². The van der Waals surface area contributed by atoms with E-state index < -0.39 is 0 Å². The van der Waals surface area contributed by atoms with Crippen LogP contribution in [0, 0.1) is 12.3 Å². The fourth-order valence-electron chi connectivity index (χ4n) is 4.41. The largest absolute Gasteiger partial charge is 0.381 e. The smallest absolute Gasteiger partial charge is 0.319 e. The van der Waals surface area contributed by atoms with Gasteiger partial charge in [0.2, 0.25) is 0 Å². The number of urea groups is 1. The maximum absolute atomic E-state index is 12.6. The topological polar surface area (TPSA) is 68.2 Å². The summed E-state index contributed by atoms with van der Waals surface area (Å²) in [4.78, 5) is 12.6. The molecule has 1 aromatic carbocycles. The lowest BCUT2D eigenvalue weighted by Crippen LogP contribution is -2.48. The standard InChI is InChI=1S/C20H26N4O2/c1-15-14-16(24-11-3-10-21-24)5-6-17(15)22-19(25)23-18-4-2-7-20(18)8-12-26-13-9-20/h3,5-6,10-11,14,18H,2,4,7-9,12-13H2,1H3,(H2,22,23,25)/t18-/m0/s1. The van der Waals surface area contributed by atoms with Gasteiger partial charge in [-0.15, -0.1) is 0 Å². The quantitative estimate of drug-likeness (QED) is 0.884. The molecule has 2 N–H and O–H groups in total. The summed E-state index contributed by atoms with van der Waals surface area (Å²) in [5.74, 6) is 0. The first kappa shape index (κ1) is 17.1. The Bertz CT molecular complexity index is 766. The van der Waals surface area contributed by atoms with Gasteiger partial charge in [-0.3, -0.25) is 0 Å². The number of aryl methyl sites for hydroxylation is 1. The second-order valence-electron chi connectivity index (χ2n) is 7.47. The lowest BCUT2D eigenvalue weighted by Gasteiger charge is -2.39. The molecule has 0 unspecified atom stereocenters. The monoisotopic (exact) mass is 354 g/mol. The van der Waals surface area contributed by atoms with Gasteiger partial charge in [-0.25, -0.2) is 9.48 Å². The summed E-state index contributed by atoms with van der Waals surface area (Å²) in [6, 6.07) is 7.95. The lowest BCUT2D eigenvalue weighted by atomic mass is 9.75. The van der Waals surface area contributed by atoms with Crippen LogP contribution in [0.3, 0.4) is 0 Å². The Morgan fingerprint density at radius 1 is 1.31 bits per heavy atom. The molecule has 2 amide bonds. The zero-order chi connectivity index (χ0) is 18.0. The SMILES string of the molecule is Cc1cc(-n2cccn2)ccc1NC(=O)N[C@H]1CCCC12CCOCC2. The van der Waals surface area contributed by atoms with Crippen molar-refractivity contribution in [3.8, 4) is 5.69 Å². The molecule has 0 bridgehead atoms. The Labute approximate surface area is 153 Å². The van der Waals surface area contributed by atoms with E-state index in [1.807, 2.05) is 42.1 Å². The van der Waals surface area contributed by atoms with E-state index in [-0.39, 0.29) is 17.5 Å². The van der Waals surface area contributed by atoms with E-state index in [2.05, 4.69) is 15.7 Å². The van der Waals surface area contributed by atoms with Crippen LogP contribution in [0.2, 0.25) is 0 Å². The van der Waals surface area contributed by atoms with Crippen LogP contribution in [-0.4, -0.2) is 35.1 Å². The Morgan fingerprint density at radius 2 is 2.15 bits per heavy atom. The first-order valence-corrected chi connectivity index (χ1v) is 9.42. The van der Waals surface area contributed by atoms with E-state index in [1.54, 1.807) is 6.20 Å². The van der Waals surface area contributed by atoms with Gasteiger partial charge in [0.25, 0.3) is 0 Å². The molecule has 4 rings (SSSR count). The van der Waals surface area contributed by atoms with Gasteiger partial charge in [0.05, 0.1) is 5.69 Å². The molecular weight excluding hydrogens is 328 g/mol. The zero-order valence-corrected chi connectivity index (χ0v) is 15.2. The molecule has 0 radical (unpaired) electrons. The third-order valence-corrected chi connectivity index (χ3v) is 5.93. The summed E-state index contributed by atoms with van der Waals surface area (Å²) in [6.45, 7) is 3.62. The van der Waals surface area contributed by atoms with Gasteiger partial charge in [-0.05, 0) is 67.9 Å². The van der Waals surface area contributed by atoms with Crippen LogP contribution in [0.5, 0.6) is 0 Å². The Hall–Kier alpha value is -2.34. The maximum atomic E-state index is 12.6. The molecule has 1 aliphatic heterocycles. The van der Waals surface area contributed by atoms with Gasteiger partial charge in [-0.1, -0.05) is 6.42 Å². The third kappa shape index (κ3) is 3.33. The van der Waals surface area contributed by atoms with Gasteiger partial charge >= 0.3 is 6.03 Å². The summed E-state index contributed by atoms with van der Waals surface area (Å²) in [5, 5.41) is 10.5. The van der Waals surface area contributed by atoms with Gasteiger partial charge in [-0.2, -0.15) is 5.10 Å². The molecule has 1 spiro atoms. The predicted molar refractivity (Wildman–Crippen MR) is 101 cm³/mol. The number of anilines is 1. The average Bonchev–Trinajstić information content (AvgIpc) is 3.29. The van der Waals surface area contributed by atoms with Gasteiger partial charge < -0.3 is 15.4 Å². The molecule has 1 saturated carbocycles. The van der Waals surface area contributed by atoms with Crippen LogP contribution >= 0.6 is 0 Å².